The number of aromatic nitrogens is 1. The molecule has 3 heterocycles. The molecule has 36 heavy (non-hydrogen) atoms. The van der Waals surface area contributed by atoms with Gasteiger partial charge in [-0.15, -0.1) is 0 Å². The number of likely N-dealkylation sites (N-methyl/N-ethyl adjacent to an activating group) is 1. The van der Waals surface area contributed by atoms with Crippen LogP contribution in [0.1, 0.15) is 31.7 Å². The summed E-state index contributed by atoms with van der Waals surface area (Å²) in [5, 5.41) is 9.78. The van der Waals surface area contributed by atoms with E-state index in [-0.39, 0.29) is 36.3 Å². The molecule has 1 aromatic carbocycles. The van der Waals surface area contributed by atoms with E-state index in [9.17, 15) is 23.9 Å². The number of carbonyl (C=O) groups excluding carboxylic acids is 2. The van der Waals surface area contributed by atoms with E-state index >= 15 is 0 Å². The van der Waals surface area contributed by atoms with Gasteiger partial charge in [0.1, 0.15) is 17.4 Å². The minimum atomic E-state index is -1.10. The number of halogens is 2. The number of pyridine rings is 1. The minimum absolute atomic E-state index is 0.0178. The maximum Gasteiger partial charge on any atom is 0.407 e. The lowest BCUT2D eigenvalue weighted by molar-refractivity contribution is -0.140. The second kappa shape index (κ2) is 10.8. The average molecular weight is 517 g/mol. The number of anilines is 1. The lowest BCUT2D eigenvalue weighted by Crippen LogP contribution is -2.50. The van der Waals surface area contributed by atoms with Crippen LogP contribution < -0.4 is 4.90 Å². The van der Waals surface area contributed by atoms with Gasteiger partial charge in [0.25, 0.3) is 0 Å². The molecule has 10 heteroatoms. The zero-order chi connectivity index (χ0) is 26.0. The van der Waals surface area contributed by atoms with Gasteiger partial charge in [-0.05, 0) is 50.1 Å². The SMILES string of the molecule is CCN(C(=O)O)[C@@H]1CN(C(=O)C2CCN(c3ccccn3)CC2C(C)=O)C[C@H]1c1ccc(Cl)c(F)c1. The van der Waals surface area contributed by atoms with Gasteiger partial charge in [-0.1, -0.05) is 23.7 Å². The molecule has 4 rings (SSSR count). The molecule has 2 aromatic rings. The summed E-state index contributed by atoms with van der Waals surface area (Å²) in [5.41, 5.74) is 0.588. The van der Waals surface area contributed by atoms with Crippen molar-refractivity contribution in [3.05, 3.63) is 59.0 Å². The van der Waals surface area contributed by atoms with Gasteiger partial charge < -0.3 is 19.8 Å². The highest BCUT2D eigenvalue weighted by Crippen LogP contribution is 2.36. The maximum atomic E-state index is 14.3. The maximum absolute atomic E-state index is 14.3. The first-order valence-corrected chi connectivity index (χ1v) is 12.5. The van der Waals surface area contributed by atoms with Gasteiger partial charge in [-0.25, -0.2) is 14.2 Å². The van der Waals surface area contributed by atoms with E-state index < -0.39 is 35.7 Å². The predicted octanol–water partition coefficient (Wildman–Crippen LogP) is 3.90. The van der Waals surface area contributed by atoms with Crippen molar-refractivity contribution < 1.29 is 23.9 Å². The van der Waals surface area contributed by atoms with Crippen LogP contribution in [0.15, 0.2) is 42.6 Å². The summed E-state index contributed by atoms with van der Waals surface area (Å²) in [6.45, 7) is 4.85. The first-order chi connectivity index (χ1) is 17.2. The van der Waals surface area contributed by atoms with Gasteiger partial charge in [0.2, 0.25) is 5.91 Å². The van der Waals surface area contributed by atoms with Crippen LogP contribution in [-0.2, 0) is 9.59 Å². The number of nitrogens with zero attached hydrogens (tertiary/aromatic N) is 4. The summed E-state index contributed by atoms with van der Waals surface area (Å²) in [6, 6.07) is 9.49. The van der Waals surface area contributed by atoms with E-state index in [4.69, 9.17) is 11.6 Å². The van der Waals surface area contributed by atoms with Gasteiger partial charge in [0.15, 0.2) is 0 Å². The van der Waals surface area contributed by atoms with Crippen LogP contribution in [0, 0.1) is 17.7 Å². The molecule has 1 N–H and O–H groups in total. The standard InChI is InChI=1S/C26H30ClFN4O4/c1-3-32(26(35)36)23-15-31(14-20(23)17-7-8-21(27)22(28)12-17)25(34)18-9-11-30(13-19(18)16(2)33)24-6-4-5-10-29-24/h4-8,10,12,18-20,23H,3,9,11,13-15H2,1-2H3,(H,35,36)/t18?,19?,20-,23+/m0/s1. The third-order valence-corrected chi connectivity index (χ3v) is 7.69. The molecular weight excluding hydrogens is 487 g/mol. The van der Waals surface area contributed by atoms with Crippen molar-refractivity contribution >= 4 is 35.2 Å². The van der Waals surface area contributed by atoms with Crippen LogP contribution in [0.4, 0.5) is 15.0 Å². The highest BCUT2D eigenvalue weighted by atomic mass is 35.5. The summed E-state index contributed by atoms with van der Waals surface area (Å²) in [5.74, 6) is -1.48. The van der Waals surface area contributed by atoms with Gasteiger partial charge in [0, 0.05) is 50.8 Å². The van der Waals surface area contributed by atoms with E-state index in [0.29, 0.717) is 25.1 Å². The molecule has 0 bridgehead atoms. The molecule has 0 aliphatic carbocycles. The van der Waals surface area contributed by atoms with Crippen molar-refractivity contribution in [1.29, 1.82) is 0 Å². The molecule has 0 spiro atoms. The van der Waals surface area contributed by atoms with E-state index in [0.717, 1.165) is 5.82 Å². The van der Waals surface area contributed by atoms with Crippen molar-refractivity contribution in [3.8, 4) is 0 Å². The first-order valence-electron chi connectivity index (χ1n) is 12.1. The number of likely N-dealkylation sites (tertiary alicyclic amines) is 1. The fourth-order valence-corrected chi connectivity index (χ4v) is 5.63. The molecule has 8 nitrogen and oxygen atoms in total. The Kier molecular flexibility index (Phi) is 7.78. The number of rotatable bonds is 6. The number of hydrogen-bond acceptors (Lipinski definition) is 5. The largest absolute Gasteiger partial charge is 0.465 e. The van der Waals surface area contributed by atoms with Crippen molar-refractivity contribution in [1.82, 2.24) is 14.8 Å². The Balaban J connectivity index is 1.58. The lowest BCUT2D eigenvalue weighted by Gasteiger charge is -2.38. The van der Waals surface area contributed by atoms with Crippen LogP contribution in [0.5, 0.6) is 0 Å². The second-order valence-electron chi connectivity index (χ2n) is 9.41. The van der Waals surface area contributed by atoms with Crippen molar-refractivity contribution in [2.24, 2.45) is 11.8 Å². The van der Waals surface area contributed by atoms with Crippen LogP contribution in [0.3, 0.4) is 0 Å². The van der Waals surface area contributed by atoms with Crippen LogP contribution in [0.2, 0.25) is 5.02 Å². The summed E-state index contributed by atoms with van der Waals surface area (Å²) in [6.07, 6.45) is 1.08. The van der Waals surface area contributed by atoms with E-state index in [1.165, 1.54) is 24.0 Å². The third kappa shape index (κ3) is 5.16. The fraction of sp³-hybridized carbons (Fsp3) is 0.462. The van der Waals surface area contributed by atoms with Gasteiger partial charge >= 0.3 is 6.09 Å². The molecule has 2 aliphatic heterocycles. The van der Waals surface area contributed by atoms with Gasteiger partial charge in [-0.2, -0.15) is 0 Å². The number of hydrogen-bond donors (Lipinski definition) is 1. The monoisotopic (exact) mass is 516 g/mol. The van der Waals surface area contributed by atoms with Crippen LogP contribution in [-0.4, -0.2) is 76.4 Å². The smallest absolute Gasteiger partial charge is 0.407 e. The Labute approximate surface area is 214 Å². The topological polar surface area (TPSA) is 94.1 Å². The zero-order valence-corrected chi connectivity index (χ0v) is 21.1. The number of Topliss-reactive ketones (excluding diaryl/α,β-unsaturated/α-hetero) is 1. The summed E-state index contributed by atoms with van der Waals surface area (Å²) >= 11 is 5.86. The second-order valence-corrected chi connectivity index (χ2v) is 9.81. The Morgan fingerprint density at radius 2 is 1.94 bits per heavy atom. The number of benzene rings is 1. The first kappa shape index (κ1) is 25.9. The van der Waals surface area contributed by atoms with Crippen molar-refractivity contribution in [2.75, 3.05) is 37.6 Å². The molecule has 2 fully saturated rings. The Bertz CT molecular complexity index is 1130. The Morgan fingerprint density at radius 1 is 1.17 bits per heavy atom. The number of carboxylic acid groups (broad SMARTS) is 1. The highest BCUT2D eigenvalue weighted by Gasteiger charge is 2.45. The van der Waals surface area contributed by atoms with E-state index in [1.807, 2.05) is 23.1 Å². The van der Waals surface area contributed by atoms with Crippen molar-refractivity contribution in [3.63, 3.8) is 0 Å². The minimum Gasteiger partial charge on any atom is -0.465 e. The van der Waals surface area contributed by atoms with E-state index in [1.54, 1.807) is 24.1 Å². The molecule has 192 valence electrons. The normalized spacial score (nSPS) is 24.0. The molecule has 0 radical (unpaired) electrons. The molecular formula is C26H30ClFN4O4. The fourth-order valence-electron chi connectivity index (χ4n) is 5.51. The van der Waals surface area contributed by atoms with Crippen LogP contribution >= 0.6 is 11.6 Å². The molecule has 0 saturated carbocycles. The number of carbonyl (C=O) groups is 3. The number of ketones is 1. The predicted molar refractivity (Wildman–Crippen MR) is 134 cm³/mol. The molecule has 2 saturated heterocycles. The Hall–Kier alpha value is -3.20. The van der Waals surface area contributed by atoms with Gasteiger partial charge in [-0.3, -0.25) is 9.59 Å². The van der Waals surface area contributed by atoms with Gasteiger partial charge in [0.05, 0.1) is 17.0 Å². The lowest BCUT2D eigenvalue weighted by atomic mass is 9.82. The molecule has 2 amide bonds. The zero-order valence-electron chi connectivity index (χ0n) is 20.3. The number of amides is 2. The summed E-state index contributed by atoms with van der Waals surface area (Å²) in [7, 11) is 0. The molecule has 4 atom stereocenters. The average Bonchev–Trinajstić information content (AvgIpc) is 3.30. The third-order valence-electron chi connectivity index (χ3n) is 7.38. The number of piperidine rings is 1. The van der Waals surface area contributed by atoms with Crippen LogP contribution in [0.25, 0.3) is 0 Å². The quantitative estimate of drug-likeness (QED) is 0.626. The molecule has 1 aromatic heterocycles. The van der Waals surface area contributed by atoms with Crippen molar-refractivity contribution in [2.45, 2.75) is 32.2 Å². The van der Waals surface area contributed by atoms with E-state index in [2.05, 4.69) is 4.98 Å². The summed E-state index contributed by atoms with van der Waals surface area (Å²) in [4.78, 5) is 47.7. The summed E-state index contributed by atoms with van der Waals surface area (Å²) < 4.78 is 14.3. The Morgan fingerprint density at radius 3 is 2.56 bits per heavy atom. The molecule has 2 unspecified atom stereocenters. The molecule has 2 aliphatic rings. The highest BCUT2D eigenvalue weighted by molar-refractivity contribution is 6.30.